The number of hydrogen-bond acceptors (Lipinski definition) is 5. The lowest BCUT2D eigenvalue weighted by molar-refractivity contribution is 0.164. The minimum Gasteiger partial charge on any atom is -0.396 e. The first-order valence-electron chi connectivity index (χ1n) is 11.5. The molecule has 0 atom stereocenters. The van der Waals surface area contributed by atoms with Crippen molar-refractivity contribution in [2.75, 3.05) is 26.2 Å². The van der Waals surface area contributed by atoms with E-state index in [0.29, 0.717) is 16.5 Å². The molecule has 5 rings (SSSR count). The SMILES string of the molecule is O=S(=O)(c1ccccc1)n1cc(-c2cnn(C3CCN(CCCO)CC3)c2)c2ccc(F)cc21. The van der Waals surface area contributed by atoms with Crippen LogP contribution in [0.5, 0.6) is 0 Å². The molecule has 9 heteroatoms. The summed E-state index contributed by atoms with van der Waals surface area (Å²) in [7, 11) is -3.90. The van der Waals surface area contributed by atoms with Crippen molar-refractivity contribution >= 4 is 20.9 Å². The minimum absolute atomic E-state index is 0.145. The van der Waals surface area contributed by atoms with Crippen molar-refractivity contribution in [2.45, 2.75) is 30.2 Å². The van der Waals surface area contributed by atoms with Crippen LogP contribution in [-0.4, -0.2) is 58.4 Å². The van der Waals surface area contributed by atoms with Gasteiger partial charge < -0.3 is 10.0 Å². The Labute approximate surface area is 198 Å². The Bertz CT molecular complexity index is 1390. The minimum atomic E-state index is -3.90. The summed E-state index contributed by atoms with van der Waals surface area (Å²) in [5.41, 5.74) is 1.78. The molecule has 2 aromatic carbocycles. The zero-order valence-corrected chi connectivity index (χ0v) is 19.5. The highest BCUT2D eigenvalue weighted by atomic mass is 32.2. The Morgan fingerprint density at radius 3 is 2.56 bits per heavy atom. The molecule has 1 aliphatic heterocycles. The van der Waals surface area contributed by atoms with Gasteiger partial charge in [-0.3, -0.25) is 4.68 Å². The highest BCUT2D eigenvalue weighted by molar-refractivity contribution is 7.90. The molecule has 3 heterocycles. The smallest absolute Gasteiger partial charge is 0.268 e. The molecule has 34 heavy (non-hydrogen) atoms. The van der Waals surface area contributed by atoms with E-state index in [4.69, 9.17) is 5.11 Å². The molecule has 7 nitrogen and oxygen atoms in total. The number of hydrogen-bond donors (Lipinski definition) is 1. The molecule has 0 aliphatic carbocycles. The fraction of sp³-hybridized carbons (Fsp3) is 0.320. The van der Waals surface area contributed by atoms with E-state index in [0.717, 1.165) is 48.4 Å². The monoisotopic (exact) mass is 482 g/mol. The number of aliphatic hydroxyl groups excluding tert-OH is 1. The van der Waals surface area contributed by atoms with Crippen LogP contribution in [0.15, 0.2) is 72.0 Å². The fourth-order valence-corrected chi connectivity index (χ4v) is 6.07. The quantitative estimate of drug-likeness (QED) is 0.432. The summed E-state index contributed by atoms with van der Waals surface area (Å²) < 4.78 is 44.0. The van der Waals surface area contributed by atoms with Crippen LogP contribution in [-0.2, 0) is 10.0 Å². The van der Waals surface area contributed by atoms with Crippen molar-refractivity contribution in [1.82, 2.24) is 18.7 Å². The third-order valence-corrected chi connectivity index (χ3v) is 8.20. The van der Waals surface area contributed by atoms with Crippen LogP contribution in [0.2, 0.25) is 0 Å². The van der Waals surface area contributed by atoms with E-state index in [1.54, 1.807) is 36.7 Å². The number of fused-ring (bicyclic) bond motifs is 1. The summed E-state index contributed by atoms with van der Waals surface area (Å²) in [6.45, 7) is 3.01. The van der Waals surface area contributed by atoms with Gasteiger partial charge in [-0.15, -0.1) is 0 Å². The lowest BCUT2D eigenvalue weighted by Crippen LogP contribution is -2.35. The second-order valence-corrected chi connectivity index (χ2v) is 10.5. The molecule has 0 amide bonds. The second kappa shape index (κ2) is 9.32. The van der Waals surface area contributed by atoms with E-state index >= 15 is 0 Å². The van der Waals surface area contributed by atoms with Crippen molar-refractivity contribution in [2.24, 2.45) is 0 Å². The Morgan fingerprint density at radius 2 is 1.82 bits per heavy atom. The molecule has 0 radical (unpaired) electrons. The molecule has 178 valence electrons. The van der Waals surface area contributed by atoms with E-state index in [2.05, 4.69) is 10.00 Å². The molecule has 0 spiro atoms. The van der Waals surface area contributed by atoms with Gasteiger partial charge >= 0.3 is 0 Å². The average Bonchev–Trinajstić information content (AvgIpc) is 3.49. The van der Waals surface area contributed by atoms with E-state index in [9.17, 15) is 12.8 Å². The van der Waals surface area contributed by atoms with Crippen LogP contribution in [0, 0.1) is 5.82 Å². The Hall–Kier alpha value is -3.01. The lowest BCUT2D eigenvalue weighted by Gasteiger charge is -2.31. The van der Waals surface area contributed by atoms with Crippen molar-refractivity contribution in [1.29, 1.82) is 0 Å². The topological polar surface area (TPSA) is 80.4 Å². The number of benzene rings is 2. The van der Waals surface area contributed by atoms with Gasteiger partial charge in [-0.2, -0.15) is 5.10 Å². The fourth-order valence-electron chi connectivity index (χ4n) is 4.68. The summed E-state index contributed by atoms with van der Waals surface area (Å²) in [5, 5.41) is 14.3. The van der Waals surface area contributed by atoms with Gasteiger partial charge in [-0.25, -0.2) is 16.8 Å². The molecular formula is C25H27FN4O3S. The summed E-state index contributed by atoms with van der Waals surface area (Å²) >= 11 is 0. The van der Waals surface area contributed by atoms with Crippen LogP contribution in [0.3, 0.4) is 0 Å². The number of piperidine rings is 1. The van der Waals surface area contributed by atoms with E-state index in [1.807, 2.05) is 10.9 Å². The van der Waals surface area contributed by atoms with Gasteiger partial charge in [0.2, 0.25) is 0 Å². The molecular weight excluding hydrogens is 455 g/mol. The van der Waals surface area contributed by atoms with Crippen molar-refractivity contribution < 1.29 is 17.9 Å². The number of nitrogens with zero attached hydrogens (tertiary/aromatic N) is 4. The third-order valence-electron chi connectivity index (χ3n) is 6.51. The van der Waals surface area contributed by atoms with Crippen LogP contribution >= 0.6 is 0 Å². The maximum Gasteiger partial charge on any atom is 0.268 e. The molecule has 1 saturated heterocycles. The number of aromatic nitrogens is 3. The number of aliphatic hydroxyl groups is 1. The Balaban J connectivity index is 1.48. The lowest BCUT2D eigenvalue weighted by atomic mass is 10.0. The number of rotatable bonds is 7. The van der Waals surface area contributed by atoms with Gasteiger partial charge in [0, 0.05) is 55.1 Å². The largest absolute Gasteiger partial charge is 0.396 e. The second-order valence-electron chi connectivity index (χ2n) is 8.68. The zero-order valence-electron chi connectivity index (χ0n) is 18.7. The predicted molar refractivity (Wildman–Crippen MR) is 129 cm³/mol. The highest BCUT2D eigenvalue weighted by Gasteiger charge is 2.24. The normalized spacial score (nSPS) is 15.8. The first-order chi connectivity index (χ1) is 16.5. The summed E-state index contributed by atoms with van der Waals surface area (Å²) in [6.07, 6.45) is 7.96. The predicted octanol–water partition coefficient (Wildman–Crippen LogP) is 3.90. The van der Waals surface area contributed by atoms with E-state index in [1.165, 1.54) is 24.3 Å². The van der Waals surface area contributed by atoms with Gasteiger partial charge in [0.1, 0.15) is 5.82 Å². The molecule has 1 N–H and O–H groups in total. The van der Waals surface area contributed by atoms with Crippen LogP contribution in [0.25, 0.3) is 22.0 Å². The van der Waals surface area contributed by atoms with Gasteiger partial charge in [0.05, 0.1) is 22.7 Å². The van der Waals surface area contributed by atoms with Crippen LogP contribution in [0.4, 0.5) is 4.39 Å². The van der Waals surface area contributed by atoms with Crippen molar-refractivity contribution in [3.8, 4) is 11.1 Å². The molecule has 0 bridgehead atoms. The van der Waals surface area contributed by atoms with Gasteiger partial charge in [-0.05, 0) is 49.6 Å². The Morgan fingerprint density at radius 1 is 1.06 bits per heavy atom. The van der Waals surface area contributed by atoms with Gasteiger partial charge in [0.15, 0.2) is 0 Å². The van der Waals surface area contributed by atoms with Crippen LogP contribution < -0.4 is 0 Å². The third kappa shape index (κ3) is 4.26. The Kier molecular flexibility index (Phi) is 6.24. The van der Waals surface area contributed by atoms with Gasteiger partial charge in [0.25, 0.3) is 10.0 Å². The number of halogens is 1. The maximum absolute atomic E-state index is 14.1. The average molecular weight is 483 g/mol. The van der Waals surface area contributed by atoms with Crippen molar-refractivity contribution in [3.63, 3.8) is 0 Å². The standard InChI is InChI=1S/C25H27FN4O3S/c26-20-7-8-23-24(18-30(25(23)15-20)34(32,33)22-5-2-1-3-6-22)19-16-27-29(17-19)21-9-12-28(13-10-21)11-4-14-31/h1-3,5-8,15-18,21,31H,4,9-14H2. The summed E-state index contributed by atoms with van der Waals surface area (Å²) in [5.74, 6) is -0.495. The van der Waals surface area contributed by atoms with Crippen LogP contribution in [0.1, 0.15) is 25.3 Å². The first-order valence-corrected chi connectivity index (χ1v) is 12.9. The molecule has 0 saturated carbocycles. The molecule has 4 aromatic rings. The first kappa shape index (κ1) is 22.8. The molecule has 2 aromatic heterocycles. The van der Waals surface area contributed by atoms with E-state index in [-0.39, 0.29) is 17.5 Å². The molecule has 0 unspecified atom stereocenters. The number of likely N-dealkylation sites (tertiary alicyclic amines) is 1. The zero-order chi connectivity index (χ0) is 23.7. The summed E-state index contributed by atoms with van der Waals surface area (Å²) in [6, 6.07) is 12.6. The summed E-state index contributed by atoms with van der Waals surface area (Å²) in [4.78, 5) is 2.50. The van der Waals surface area contributed by atoms with Gasteiger partial charge in [-0.1, -0.05) is 18.2 Å². The molecule has 1 fully saturated rings. The highest BCUT2D eigenvalue weighted by Crippen LogP contribution is 2.34. The molecule has 1 aliphatic rings. The van der Waals surface area contributed by atoms with Crippen molar-refractivity contribution in [3.05, 3.63) is 72.9 Å². The maximum atomic E-state index is 14.1. The van der Waals surface area contributed by atoms with E-state index < -0.39 is 15.8 Å².